The molecule has 1 unspecified atom stereocenters. The Bertz CT molecular complexity index is 1310. The molecular weight excluding hydrogens is 434 g/mol. The molecular formula is C25H27N5O4. The second kappa shape index (κ2) is 8.49. The Morgan fingerprint density at radius 2 is 1.97 bits per heavy atom. The van der Waals surface area contributed by atoms with Crippen LogP contribution in [0.2, 0.25) is 0 Å². The molecule has 2 aromatic carbocycles. The number of nitrogens with zero attached hydrogens (tertiary/aromatic N) is 3. The molecule has 2 aliphatic heterocycles. The smallest absolute Gasteiger partial charge is 0.329 e. The minimum atomic E-state index is -0.871. The minimum absolute atomic E-state index is 0.0548. The lowest BCUT2D eigenvalue weighted by molar-refractivity contribution is -0.144. The number of hydrogen-bond acceptors (Lipinski definition) is 6. The standard InChI is InChI=1S/C25H27N5O4/c1-15(31)29-11-8-17-12-23-20(13-22(17)29)27-25(33)24(30(23)34-16(2)32)19-14-28(10-5-9-26)21-7-4-3-6-18(19)21/h3-4,6-7,12-14,24H,5,8-11,26H2,1-2H3,(H,27,33). The Morgan fingerprint density at radius 3 is 2.71 bits per heavy atom. The first-order valence-corrected chi connectivity index (χ1v) is 11.4. The number of aryl methyl sites for hydroxylation is 1. The first kappa shape index (κ1) is 22.0. The Kier molecular flexibility index (Phi) is 5.49. The summed E-state index contributed by atoms with van der Waals surface area (Å²) >= 11 is 0. The number of hydrogen-bond donors (Lipinski definition) is 2. The normalized spacial score (nSPS) is 16.9. The molecule has 1 atom stereocenters. The van der Waals surface area contributed by atoms with E-state index in [-0.39, 0.29) is 11.8 Å². The average Bonchev–Trinajstić information content (AvgIpc) is 3.37. The third kappa shape index (κ3) is 3.58. The van der Waals surface area contributed by atoms with Crippen molar-refractivity contribution in [2.75, 3.05) is 28.4 Å². The van der Waals surface area contributed by atoms with E-state index in [9.17, 15) is 14.4 Å². The Balaban J connectivity index is 1.65. The summed E-state index contributed by atoms with van der Waals surface area (Å²) in [5.74, 6) is -0.896. The summed E-state index contributed by atoms with van der Waals surface area (Å²) in [6.07, 6.45) is 3.42. The number of aromatic nitrogens is 1. The fourth-order valence-electron chi connectivity index (χ4n) is 4.93. The summed E-state index contributed by atoms with van der Waals surface area (Å²) in [7, 11) is 0. The monoisotopic (exact) mass is 461 g/mol. The summed E-state index contributed by atoms with van der Waals surface area (Å²) in [5, 5.41) is 5.29. The molecule has 34 heavy (non-hydrogen) atoms. The number of benzene rings is 2. The summed E-state index contributed by atoms with van der Waals surface area (Å²) in [6.45, 7) is 4.69. The lowest BCUT2D eigenvalue weighted by atomic mass is 10.00. The Labute approximate surface area is 197 Å². The molecule has 3 aromatic rings. The fraction of sp³-hybridized carbons (Fsp3) is 0.320. The van der Waals surface area contributed by atoms with E-state index in [0.29, 0.717) is 37.4 Å². The molecule has 2 amide bonds. The van der Waals surface area contributed by atoms with Gasteiger partial charge in [0.2, 0.25) is 5.91 Å². The van der Waals surface area contributed by atoms with Crippen molar-refractivity contribution in [3.05, 3.63) is 53.7 Å². The van der Waals surface area contributed by atoms with Crippen LogP contribution in [0.3, 0.4) is 0 Å². The number of anilines is 3. The van der Waals surface area contributed by atoms with Crippen molar-refractivity contribution in [2.45, 2.75) is 39.3 Å². The van der Waals surface area contributed by atoms with E-state index in [2.05, 4.69) is 9.88 Å². The van der Waals surface area contributed by atoms with Gasteiger partial charge in [0.1, 0.15) is 5.69 Å². The van der Waals surface area contributed by atoms with E-state index < -0.39 is 12.0 Å². The van der Waals surface area contributed by atoms with Gasteiger partial charge in [-0.2, -0.15) is 5.06 Å². The largest absolute Gasteiger partial charge is 0.347 e. The van der Waals surface area contributed by atoms with E-state index in [1.807, 2.05) is 36.5 Å². The summed E-state index contributed by atoms with van der Waals surface area (Å²) in [6, 6.07) is 10.7. The van der Waals surface area contributed by atoms with Crippen LogP contribution in [-0.2, 0) is 32.2 Å². The number of nitrogens with one attached hydrogen (secondary N) is 1. The molecule has 176 valence electrons. The molecule has 0 saturated heterocycles. The third-order valence-electron chi connectivity index (χ3n) is 6.39. The molecule has 0 radical (unpaired) electrons. The molecule has 9 heteroatoms. The number of nitrogens with two attached hydrogens (primary N) is 1. The highest BCUT2D eigenvalue weighted by atomic mass is 16.7. The SMILES string of the molecule is CC(=O)ON1c2cc3c(cc2NC(=O)C1c1cn(CCCN)c2ccccc12)N(C(C)=O)CC3. The zero-order valence-electron chi connectivity index (χ0n) is 19.2. The molecule has 0 aliphatic carbocycles. The van der Waals surface area contributed by atoms with Gasteiger partial charge in [-0.3, -0.25) is 14.4 Å². The van der Waals surface area contributed by atoms with Crippen LogP contribution in [0.4, 0.5) is 17.1 Å². The van der Waals surface area contributed by atoms with Crippen LogP contribution in [0.5, 0.6) is 0 Å². The lowest BCUT2D eigenvalue weighted by Gasteiger charge is -2.36. The number of amides is 2. The second-order valence-electron chi connectivity index (χ2n) is 8.66. The van der Waals surface area contributed by atoms with Gasteiger partial charge in [0.15, 0.2) is 6.04 Å². The highest BCUT2D eigenvalue weighted by molar-refractivity contribution is 6.07. The predicted molar refractivity (Wildman–Crippen MR) is 129 cm³/mol. The molecule has 5 rings (SSSR count). The minimum Gasteiger partial charge on any atom is -0.347 e. The maximum Gasteiger partial charge on any atom is 0.329 e. The lowest BCUT2D eigenvalue weighted by Crippen LogP contribution is -2.42. The Hall–Kier alpha value is -3.85. The van der Waals surface area contributed by atoms with Crippen molar-refractivity contribution in [3.63, 3.8) is 0 Å². The van der Waals surface area contributed by atoms with Crippen LogP contribution in [0.15, 0.2) is 42.6 Å². The number of carbonyl (C=O) groups excluding carboxylic acids is 3. The van der Waals surface area contributed by atoms with Crippen LogP contribution < -0.4 is 21.0 Å². The highest BCUT2D eigenvalue weighted by Crippen LogP contribution is 2.45. The van der Waals surface area contributed by atoms with Gasteiger partial charge in [-0.05, 0) is 43.1 Å². The van der Waals surface area contributed by atoms with Crippen LogP contribution in [-0.4, -0.2) is 35.4 Å². The van der Waals surface area contributed by atoms with Gasteiger partial charge < -0.3 is 25.4 Å². The zero-order chi connectivity index (χ0) is 24.0. The van der Waals surface area contributed by atoms with Crippen molar-refractivity contribution in [3.8, 4) is 0 Å². The van der Waals surface area contributed by atoms with Crippen LogP contribution >= 0.6 is 0 Å². The quantitative estimate of drug-likeness (QED) is 0.605. The van der Waals surface area contributed by atoms with E-state index in [1.165, 1.54) is 18.9 Å². The molecule has 0 spiro atoms. The molecule has 3 N–H and O–H groups in total. The van der Waals surface area contributed by atoms with Gasteiger partial charge in [-0.25, -0.2) is 0 Å². The number of carbonyl (C=O) groups is 3. The van der Waals surface area contributed by atoms with Crippen molar-refractivity contribution in [2.24, 2.45) is 5.73 Å². The molecule has 3 heterocycles. The summed E-state index contributed by atoms with van der Waals surface area (Å²) < 4.78 is 2.08. The summed E-state index contributed by atoms with van der Waals surface area (Å²) in [5.41, 5.74) is 10.3. The third-order valence-corrected chi connectivity index (χ3v) is 6.39. The van der Waals surface area contributed by atoms with Gasteiger partial charge in [-0.15, -0.1) is 0 Å². The van der Waals surface area contributed by atoms with Crippen molar-refractivity contribution in [1.82, 2.24) is 4.57 Å². The first-order chi connectivity index (χ1) is 16.4. The maximum absolute atomic E-state index is 13.5. The molecule has 9 nitrogen and oxygen atoms in total. The van der Waals surface area contributed by atoms with Gasteiger partial charge in [0.05, 0.1) is 5.69 Å². The molecule has 0 saturated carbocycles. The van der Waals surface area contributed by atoms with Crippen LogP contribution in [0.25, 0.3) is 10.9 Å². The average molecular weight is 462 g/mol. The first-order valence-electron chi connectivity index (χ1n) is 11.4. The van der Waals surface area contributed by atoms with Crippen LogP contribution in [0.1, 0.15) is 37.4 Å². The van der Waals surface area contributed by atoms with Gasteiger partial charge >= 0.3 is 5.97 Å². The van der Waals surface area contributed by atoms with Gasteiger partial charge in [0, 0.05) is 55.3 Å². The van der Waals surface area contributed by atoms with E-state index in [4.69, 9.17) is 10.6 Å². The topological polar surface area (TPSA) is 110 Å². The van der Waals surface area contributed by atoms with Gasteiger partial charge in [-0.1, -0.05) is 18.2 Å². The summed E-state index contributed by atoms with van der Waals surface area (Å²) in [4.78, 5) is 45.0. The number of rotatable bonds is 5. The van der Waals surface area contributed by atoms with E-state index in [1.54, 1.807) is 11.0 Å². The zero-order valence-corrected chi connectivity index (χ0v) is 19.2. The molecule has 0 bridgehead atoms. The van der Waals surface area contributed by atoms with E-state index >= 15 is 0 Å². The second-order valence-corrected chi connectivity index (χ2v) is 8.66. The molecule has 2 aliphatic rings. The highest BCUT2D eigenvalue weighted by Gasteiger charge is 2.40. The Morgan fingerprint density at radius 1 is 1.18 bits per heavy atom. The molecule has 1 aromatic heterocycles. The fourth-order valence-corrected chi connectivity index (χ4v) is 4.93. The number of fused-ring (bicyclic) bond motifs is 3. The maximum atomic E-state index is 13.5. The number of para-hydroxylation sites is 1. The van der Waals surface area contributed by atoms with Crippen molar-refractivity contribution in [1.29, 1.82) is 0 Å². The number of hydroxylamine groups is 1. The molecule has 0 fully saturated rings. The van der Waals surface area contributed by atoms with Crippen molar-refractivity contribution < 1.29 is 19.2 Å². The predicted octanol–water partition coefficient (Wildman–Crippen LogP) is 2.88. The van der Waals surface area contributed by atoms with Crippen molar-refractivity contribution >= 4 is 45.7 Å². The van der Waals surface area contributed by atoms with Crippen LogP contribution in [0, 0.1) is 0 Å². The van der Waals surface area contributed by atoms with E-state index in [0.717, 1.165) is 34.1 Å². The van der Waals surface area contributed by atoms with Gasteiger partial charge in [0.25, 0.3) is 5.91 Å².